The van der Waals surface area contributed by atoms with Crippen LogP contribution < -0.4 is 10.1 Å². The monoisotopic (exact) mass is 469 g/mol. The summed E-state index contributed by atoms with van der Waals surface area (Å²) >= 11 is 0. The topological polar surface area (TPSA) is 47.6 Å². The lowest BCUT2D eigenvalue weighted by Crippen LogP contribution is -2.24. The van der Waals surface area contributed by atoms with Gasteiger partial charge in [0.2, 0.25) is 0 Å². The van der Waals surface area contributed by atoms with Gasteiger partial charge in [0.15, 0.2) is 0 Å². The molecule has 0 heterocycles. The highest BCUT2D eigenvalue weighted by molar-refractivity contribution is 5.91. The minimum atomic E-state index is -4.50. The van der Waals surface area contributed by atoms with E-state index >= 15 is 0 Å². The van der Waals surface area contributed by atoms with E-state index in [9.17, 15) is 18.0 Å². The summed E-state index contributed by atoms with van der Waals surface area (Å²) < 4.78 is 51.9. The van der Waals surface area contributed by atoms with Crippen LogP contribution in [-0.2, 0) is 22.3 Å². The zero-order chi connectivity index (χ0) is 24.9. The molecule has 186 valence electrons. The van der Waals surface area contributed by atoms with Crippen molar-refractivity contribution in [2.45, 2.75) is 71.7 Å². The Morgan fingerprint density at radius 3 is 2.24 bits per heavy atom. The van der Waals surface area contributed by atoms with E-state index < -0.39 is 11.7 Å². The fraction of sp³-hybridized carbons (Fsp3) is 0.577. The summed E-state index contributed by atoms with van der Waals surface area (Å²) in [6.45, 7) is 7.06. The fourth-order valence-corrected chi connectivity index (χ4v) is 3.86. The van der Waals surface area contributed by atoms with Gasteiger partial charge >= 0.3 is 6.18 Å². The Balaban J connectivity index is 0.00000101. The van der Waals surface area contributed by atoms with Crippen LogP contribution >= 0.6 is 0 Å². The van der Waals surface area contributed by atoms with Gasteiger partial charge in [-0.2, -0.15) is 13.2 Å². The Labute approximate surface area is 195 Å². The van der Waals surface area contributed by atoms with Crippen molar-refractivity contribution >= 4 is 17.1 Å². The maximum Gasteiger partial charge on any atom is 0.420 e. The van der Waals surface area contributed by atoms with Gasteiger partial charge in [0, 0.05) is 33.7 Å². The number of alkyl halides is 3. The molecule has 1 fully saturated rings. The summed E-state index contributed by atoms with van der Waals surface area (Å²) in [6, 6.07) is 8.11. The van der Waals surface area contributed by atoms with Crippen LogP contribution in [0.4, 0.5) is 13.2 Å². The van der Waals surface area contributed by atoms with Gasteiger partial charge in [-0.3, -0.25) is 0 Å². The fourth-order valence-electron chi connectivity index (χ4n) is 3.86. The molecule has 2 aromatic rings. The molecule has 0 aromatic heterocycles. The average molecular weight is 470 g/mol. The number of carbonyl (C=O) groups is 1. The number of hydrogen-bond donors (Lipinski definition) is 1. The van der Waals surface area contributed by atoms with Crippen LogP contribution in [0.25, 0.3) is 10.8 Å². The number of methoxy groups -OCH3 is 1. The third-order valence-electron chi connectivity index (χ3n) is 5.41. The minimum Gasteiger partial charge on any atom is -0.490 e. The number of ether oxygens (including phenoxy) is 2. The number of benzene rings is 2. The highest BCUT2D eigenvalue weighted by Gasteiger charge is 2.37. The summed E-state index contributed by atoms with van der Waals surface area (Å²) in [6.07, 6.45) is 0.0634. The van der Waals surface area contributed by atoms with Gasteiger partial charge in [-0.1, -0.05) is 45.0 Å². The second-order valence-electron chi connectivity index (χ2n) is 7.99. The van der Waals surface area contributed by atoms with Crippen molar-refractivity contribution in [1.82, 2.24) is 5.32 Å². The van der Waals surface area contributed by atoms with E-state index in [-0.39, 0.29) is 17.2 Å². The predicted molar refractivity (Wildman–Crippen MR) is 128 cm³/mol. The van der Waals surface area contributed by atoms with Crippen LogP contribution in [0.5, 0.6) is 5.75 Å². The maximum absolute atomic E-state index is 13.9. The molecule has 1 N–H and O–H groups in total. The van der Waals surface area contributed by atoms with Crippen LogP contribution in [0.15, 0.2) is 30.3 Å². The first kappa shape index (κ1) is 28.9. The Morgan fingerprint density at radius 1 is 1.03 bits per heavy atom. The summed E-state index contributed by atoms with van der Waals surface area (Å²) in [7, 11) is 3.25. The molecule has 0 spiro atoms. The van der Waals surface area contributed by atoms with E-state index in [1.165, 1.54) is 12.1 Å². The van der Waals surface area contributed by atoms with E-state index in [1.54, 1.807) is 32.4 Å². The zero-order valence-electron chi connectivity index (χ0n) is 20.4. The van der Waals surface area contributed by atoms with Gasteiger partial charge in [-0.05, 0) is 54.0 Å². The van der Waals surface area contributed by atoms with Gasteiger partial charge in [-0.25, -0.2) is 0 Å². The van der Waals surface area contributed by atoms with Crippen LogP contribution in [0.2, 0.25) is 0 Å². The van der Waals surface area contributed by atoms with Crippen molar-refractivity contribution in [3.05, 3.63) is 41.5 Å². The molecule has 1 saturated carbocycles. The van der Waals surface area contributed by atoms with Crippen molar-refractivity contribution in [1.29, 1.82) is 0 Å². The normalized spacial score (nSPS) is 17.9. The van der Waals surface area contributed by atoms with Crippen LogP contribution in [-0.4, -0.2) is 33.2 Å². The number of halogens is 3. The molecule has 0 unspecified atom stereocenters. The lowest BCUT2D eigenvalue weighted by atomic mass is 9.89. The lowest BCUT2D eigenvalue weighted by molar-refractivity contribution is -0.138. The maximum atomic E-state index is 13.9. The number of rotatable bonds is 7. The third-order valence-corrected chi connectivity index (χ3v) is 5.41. The summed E-state index contributed by atoms with van der Waals surface area (Å²) in [5.41, 5.74) is 0.0744. The lowest BCUT2D eigenvalue weighted by Gasteiger charge is -2.28. The number of aldehydes is 1. The molecule has 3 rings (SSSR count). The number of fused-ring (bicyclic) bond motifs is 1. The Bertz CT molecular complexity index is 831. The summed E-state index contributed by atoms with van der Waals surface area (Å²) in [5, 5.41) is 3.80. The van der Waals surface area contributed by atoms with Crippen LogP contribution in [0, 0.1) is 5.92 Å². The molecule has 4 nitrogen and oxygen atoms in total. The highest BCUT2D eigenvalue weighted by Crippen LogP contribution is 2.43. The standard InChI is InChI=1S/C22H26F3NO2.C2H6O.C2H6/c1-15-6-8-17(9-7-15)28-20-11-10-18-16(14-26-12-3-13-27)4-2-5-19(18)21(20)22(23,24)25;1-3-2;1-2/h2,4-5,10-11,13,15,17,26H,3,6-9,12,14H2,1H3;1-2H3;1-2H3. The molecule has 0 atom stereocenters. The Morgan fingerprint density at radius 2 is 1.67 bits per heavy atom. The number of carbonyl (C=O) groups excluding carboxylic acids is 1. The van der Waals surface area contributed by atoms with Crippen LogP contribution in [0.3, 0.4) is 0 Å². The summed E-state index contributed by atoms with van der Waals surface area (Å²) in [5.74, 6) is 0.526. The zero-order valence-corrected chi connectivity index (χ0v) is 20.4. The first-order valence-electron chi connectivity index (χ1n) is 11.6. The van der Waals surface area contributed by atoms with Crippen molar-refractivity contribution in [3.63, 3.8) is 0 Å². The minimum absolute atomic E-state index is 0.0781. The van der Waals surface area contributed by atoms with Crippen LogP contribution in [0.1, 0.15) is 64.0 Å². The Hall–Kier alpha value is -2.12. The molecule has 7 heteroatoms. The van der Waals surface area contributed by atoms with E-state index in [0.29, 0.717) is 30.8 Å². The second-order valence-corrected chi connectivity index (χ2v) is 7.99. The van der Waals surface area contributed by atoms with Crippen molar-refractivity contribution < 1.29 is 27.4 Å². The quantitative estimate of drug-likeness (QED) is 0.359. The number of hydrogen-bond acceptors (Lipinski definition) is 4. The SMILES string of the molecule is CC.CC1CCC(Oc2ccc3c(CNCCC=O)cccc3c2C(F)(F)F)CC1.COC. The van der Waals surface area contributed by atoms with Crippen molar-refractivity contribution in [2.75, 3.05) is 20.8 Å². The van der Waals surface area contributed by atoms with Gasteiger partial charge < -0.3 is 19.6 Å². The van der Waals surface area contributed by atoms with E-state index in [4.69, 9.17) is 4.74 Å². The van der Waals surface area contributed by atoms with Gasteiger partial charge in [0.1, 0.15) is 17.6 Å². The molecule has 1 aliphatic carbocycles. The first-order valence-corrected chi connectivity index (χ1v) is 11.6. The highest BCUT2D eigenvalue weighted by atomic mass is 19.4. The molecule has 2 aromatic carbocycles. The predicted octanol–water partition coefficient (Wildman–Crippen LogP) is 6.78. The molecule has 0 saturated heterocycles. The van der Waals surface area contributed by atoms with Gasteiger partial charge in [0.25, 0.3) is 0 Å². The average Bonchev–Trinajstić information content (AvgIpc) is 2.79. The van der Waals surface area contributed by atoms with Gasteiger partial charge in [0.05, 0.1) is 6.10 Å². The molecule has 1 aliphatic rings. The third kappa shape index (κ3) is 8.97. The van der Waals surface area contributed by atoms with Gasteiger partial charge in [-0.15, -0.1) is 0 Å². The number of nitrogens with one attached hydrogen (secondary N) is 1. The molecular formula is C26H38F3NO3. The first-order chi connectivity index (χ1) is 15.8. The Kier molecular flexibility index (Phi) is 13.1. The molecule has 0 radical (unpaired) electrons. The molecular weight excluding hydrogens is 431 g/mol. The molecule has 0 aliphatic heterocycles. The largest absolute Gasteiger partial charge is 0.490 e. The van der Waals surface area contributed by atoms with Crippen molar-refractivity contribution in [3.8, 4) is 5.75 Å². The smallest absolute Gasteiger partial charge is 0.420 e. The molecule has 0 amide bonds. The summed E-state index contributed by atoms with van der Waals surface area (Å²) in [4.78, 5) is 10.4. The van der Waals surface area contributed by atoms with Crippen molar-refractivity contribution in [2.24, 2.45) is 5.92 Å². The van der Waals surface area contributed by atoms with E-state index in [2.05, 4.69) is 17.0 Å². The second kappa shape index (κ2) is 14.9. The van der Waals surface area contributed by atoms with E-state index in [0.717, 1.165) is 37.5 Å². The van der Waals surface area contributed by atoms with E-state index in [1.807, 2.05) is 13.8 Å². The molecule has 33 heavy (non-hydrogen) atoms. The molecule has 0 bridgehead atoms.